The molecule has 7 nitrogen and oxygen atoms in total. The number of nitro benzene ring substituents is 1. The summed E-state index contributed by atoms with van der Waals surface area (Å²) < 4.78 is 5.54. The minimum absolute atomic E-state index is 0.0588. The molecule has 1 aliphatic rings. The van der Waals surface area contributed by atoms with Crippen molar-refractivity contribution in [3.8, 4) is 0 Å². The fourth-order valence-corrected chi connectivity index (χ4v) is 2.19. The van der Waals surface area contributed by atoms with Crippen LogP contribution in [0.1, 0.15) is 6.42 Å². The first kappa shape index (κ1) is 13.9. The molecule has 1 aliphatic heterocycles. The number of ether oxygens (including phenoxy) is 1. The molecule has 1 saturated heterocycles. The molecule has 3 N–H and O–H groups in total. The summed E-state index contributed by atoms with van der Waals surface area (Å²) in [7, 11) is 0. The Morgan fingerprint density at radius 2 is 2.32 bits per heavy atom. The highest BCUT2D eigenvalue weighted by Gasteiger charge is 2.38. The highest BCUT2D eigenvalue weighted by atomic mass is 79.9. The molecule has 1 aromatic rings. The summed E-state index contributed by atoms with van der Waals surface area (Å²) in [6, 6.07) is 4.10. The SMILES string of the molecule is NC1(C(=O)Nc2ccc([N+](=O)[O-])cc2Br)CCOC1. The lowest BCUT2D eigenvalue weighted by Crippen LogP contribution is -2.51. The maximum Gasteiger partial charge on any atom is 0.270 e. The van der Waals surface area contributed by atoms with Crippen molar-refractivity contribution in [2.24, 2.45) is 5.73 Å². The number of rotatable bonds is 3. The predicted octanol–water partition coefficient (Wildman–Crippen LogP) is 1.41. The molecule has 8 heteroatoms. The molecular weight excluding hydrogens is 318 g/mol. The molecule has 0 radical (unpaired) electrons. The number of nitrogens with one attached hydrogen (secondary N) is 1. The molecule has 19 heavy (non-hydrogen) atoms. The number of hydrogen-bond donors (Lipinski definition) is 2. The maximum atomic E-state index is 12.0. The molecule has 0 spiro atoms. The first-order chi connectivity index (χ1) is 8.92. The van der Waals surface area contributed by atoms with Gasteiger partial charge in [0.15, 0.2) is 0 Å². The van der Waals surface area contributed by atoms with Crippen molar-refractivity contribution in [3.63, 3.8) is 0 Å². The van der Waals surface area contributed by atoms with Crippen molar-refractivity contribution >= 4 is 33.2 Å². The number of amides is 1. The van der Waals surface area contributed by atoms with E-state index in [1.807, 2.05) is 0 Å². The summed E-state index contributed by atoms with van der Waals surface area (Å²) in [4.78, 5) is 22.1. The van der Waals surface area contributed by atoms with Gasteiger partial charge in [0.05, 0.1) is 17.2 Å². The molecule has 1 amide bonds. The third-order valence-corrected chi connectivity index (χ3v) is 3.57. The van der Waals surface area contributed by atoms with Gasteiger partial charge in [0.25, 0.3) is 5.69 Å². The van der Waals surface area contributed by atoms with E-state index in [0.717, 1.165) is 0 Å². The largest absolute Gasteiger partial charge is 0.379 e. The van der Waals surface area contributed by atoms with Crippen molar-refractivity contribution < 1.29 is 14.5 Å². The topological polar surface area (TPSA) is 107 Å². The second kappa shape index (κ2) is 5.24. The Labute approximate surface area is 117 Å². The summed E-state index contributed by atoms with van der Waals surface area (Å²) in [6.07, 6.45) is 0.448. The smallest absolute Gasteiger partial charge is 0.270 e. The Morgan fingerprint density at radius 3 is 2.84 bits per heavy atom. The first-order valence-corrected chi connectivity index (χ1v) is 6.34. The zero-order valence-corrected chi connectivity index (χ0v) is 11.5. The molecule has 0 saturated carbocycles. The predicted molar refractivity (Wildman–Crippen MR) is 71.8 cm³/mol. The van der Waals surface area contributed by atoms with Crippen LogP contribution in [0.3, 0.4) is 0 Å². The number of non-ortho nitro benzene ring substituents is 1. The molecule has 1 heterocycles. The van der Waals surface area contributed by atoms with Crippen molar-refractivity contribution in [3.05, 3.63) is 32.8 Å². The molecule has 0 aromatic heterocycles. The first-order valence-electron chi connectivity index (χ1n) is 5.54. The zero-order chi connectivity index (χ0) is 14.0. The van der Waals surface area contributed by atoms with E-state index in [9.17, 15) is 14.9 Å². The molecule has 2 rings (SSSR count). The lowest BCUT2D eigenvalue weighted by molar-refractivity contribution is -0.384. The third-order valence-electron chi connectivity index (χ3n) is 2.92. The Bertz CT molecular complexity index is 529. The number of hydrogen-bond acceptors (Lipinski definition) is 5. The average molecular weight is 330 g/mol. The van der Waals surface area contributed by atoms with Crippen LogP contribution < -0.4 is 11.1 Å². The number of carbonyl (C=O) groups excluding carboxylic acids is 1. The number of nitrogens with two attached hydrogens (primary N) is 1. The monoisotopic (exact) mass is 329 g/mol. The lowest BCUT2D eigenvalue weighted by atomic mass is 9.99. The van der Waals surface area contributed by atoms with Gasteiger partial charge in [-0.25, -0.2) is 0 Å². The van der Waals surface area contributed by atoms with Gasteiger partial charge in [-0.1, -0.05) is 0 Å². The van der Waals surface area contributed by atoms with Gasteiger partial charge >= 0.3 is 0 Å². The van der Waals surface area contributed by atoms with Gasteiger partial charge in [-0.15, -0.1) is 0 Å². The average Bonchev–Trinajstić information content (AvgIpc) is 2.80. The molecule has 1 fully saturated rings. The summed E-state index contributed by atoms with van der Waals surface area (Å²) in [6.45, 7) is 0.620. The van der Waals surface area contributed by atoms with E-state index in [2.05, 4.69) is 21.2 Å². The van der Waals surface area contributed by atoms with E-state index in [-0.39, 0.29) is 18.2 Å². The van der Waals surface area contributed by atoms with Crippen LogP contribution in [-0.4, -0.2) is 29.6 Å². The van der Waals surface area contributed by atoms with Crippen molar-refractivity contribution in [2.45, 2.75) is 12.0 Å². The molecule has 1 atom stereocenters. The van der Waals surface area contributed by atoms with E-state index in [4.69, 9.17) is 10.5 Å². The Hall–Kier alpha value is -1.51. The van der Waals surface area contributed by atoms with Crippen LogP contribution in [0.4, 0.5) is 11.4 Å². The van der Waals surface area contributed by atoms with Gasteiger partial charge in [-0.05, 0) is 28.4 Å². The summed E-state index contributed by atoms with van der Waals surface area (Å²) in [5.74, 6) is -0.362. The highest BCUT2D eigenvalue weighted by Crippen LogP contribution is 2.28. The number of benzene rings is 1. The van der Waals surface area contributed by atoms with Crippen LogP contribution in [-0.2, 0) is 9.53 Å². The van der Waals surface area contributed by atoms with Crippen LogP contribution in [0.2, 0.25) is 0 Å². The molecule has 0 aliphatic carbocycles. The normalized spacial score (nSPS) is 22.2. The zero-order valence-electron chi connectivity index (χ0n) is 9.89. The van der Waals surface area contributed by atoms with Crippen LogP contribution in [0.5, 0.6) is 0 Å². The number of carbonyl (C=O) groups is 1. The van der Waals surface area contributed by atoms with Gasteiger partial charge < -0.3 is 15.8 Å². The summed E-state index contributed by atoms with van der Waals surface area (Å²) in [5, 5.41) is 13.3. The fourth-order valence-electron chi connectivity index (χ4n) is 1.73. The molecule has 1 aromatic carbocycles. The Kier molecular flexibility index (Phi) is 3.83. The quantitative estimate of drug-likeness (QED) is 0.644. The van der Waals surface area contributed by atoms with Crippen LogP contribution in [0, 0.1) is 10.1 Å². The van der Waals surface area contributed by atoms with Crippen LogP contribution >= 0.6 is 15.9 Å². The maximum absolute atomic E-state index is 12.0. The van der Waals surface area contributed by atoms with Crippen LogP contribution in [0.25, 0.3) is 0 Å². The van der Waals surface area contributed by atoms with E-state index in [0.29, 0.717) is 23.2 Å². The number of nitro groups is 1. The highest BCUT2D eigenvalue weighted by molar-refractivity contribution is 9.10. The molecule has 0 bridgehead atoms. The van der Waals surface area contributed by atoms with E-state index >= 15 is 0 Å². The Balaban J connectivity index is 2.15. The minimum atomic E-state index is -1.04. The number of anilines is 1. The number of halogens is 1. The molecular formula is C11H12BrN3O4. The van der Waals surface area contributed by atoms with Crippen molar-refractivity contribution in [2.75, 3.05) is 18.5 Å². The Morgan fingerprint density at radius 1 is 1.58 bits per heavy atom. The molecule has 102 valence electrons. The third kappa shape index (κ3) is 2.91. The van der Waals surface area contributed by atoms with Gasteiger partial charge in [0, 0.05) is 23.2 Å². The van der Waals surface area contributed by atoms with Crippen molar-refractivity contribution in [1.29, 1.82) is 0 Å². The fraction of sp³-hybridized carbons (Fsp3) is 0.364. The van der Waals surface area contributed by atoms with Gasteiger partial charge in [-0.2, -0.15) is 0 Å². The van der Waals surface area contributed by atoms with E-state index in [1.54, 1.807) is 0 Å². The second-order valence-electron chi connectivity index (χ2n) is 4.33. The van der Waals surface area contributed by atoms with Crippen LogP contribution in [0.15, 0.2) is 22.7 Å². The van der Waals surface area contributed by atoms with Gasteiger partial charge in [-0.3, -0.25) is 14.9 Å². The van der Waals surface area contributed by atoms with Gasteiger partial charge in [0.1, 0.15) is 5.54 Å². The van der Waals surface area contributed by atoms with E-state index < -0.39 is 10.5 Å². The second-order valence-corrected chi connectivity index (χ2v) is 5.19. The van der Waals surface area contributed by atoms with Crippen molar-refractivity contribution in [1.82, 2.24) is 0 Å². The molecule has 1 unspecified atom stereocenters. The summed E-state index contributed by atoms with van der Waals surface area (Å²) >= 11 is 3.18. The minimum Gasteiger partial charge on any atom is -0.379 e. The number of nitrogens with zero attached hydrogens (tertiary/aromatic N) is 1. The lowest BCUT2D eigenvalue weighted by Gasteiger charge is -2.20. The standard InChI is InChI=1S/C11H12BrN3O4/c12-8-5-7(15(17)18)1-2-9(8)14-10(16)11(13)3-4-19-6-11/h1-2,5H,3-4,6,13H2,(H,14,16). The summed E-state index contributed by atoms with van der Waals surface area (Å²) in [5.41, 5.74) is 5.26. The van der Waals surface area contributed by atoms with E-state index in [1.165, 1.54) is 18.2 Å². The van der Waals surface area contributed by atoms with Gasteiger partial charge in [0.2, 0.25) is 5.91 Å².